The summed E-state index contributed by atoms with van der Waals surface area (Å²) in [4.78, 5) is 30.9. The predicted octanol–water partition coefficient (Wildman–Crippen LogP) is 3.44. The van der Waals surface area contributed by atoms with E-state index in [0.29, 0.717) is 43.2 Å². The van der Waals surface area contributed by atoms with Crippen LogP contribution in [0.4, 0.5) is 4.39 Å². The van der Waals surface area contributed by atoms with Gasteiger partial charge in [-0.3, -0.25) is 14.7 Å². The minimum Gasteiger partial charge on any atom is -0.481 e. The molecular weight excluding hydrogens is 449 g/mol. The zero-order valence-electron chi connectivity index (χ0n) is 18.0. The Morgan fingerprint density at radius 1 is 1.27 bits per heavy atom. The molecule has 172 valence electrons. The second kappa shape index (κ2) is 9.99. The molecule has 2 N–H and O–H groups in total. The molecule has 1 aliphatic heterocycles. The van der Waals surface area contributed by atoms with Crippen molar-refractivity contribution in [3.63, 3.8) is 0 Å². The summed E-state index contributed by atoms with van der Waals surface area (Å²) < 4.78 is 19.2. The average Bonchev–Trinajstić information content (AvgIpc) is 3.32. The number of amides is 2. The normalized spacial score (nSPS) is 14.2. The molecule has 0 saturated carbocycles. The van der Waals surface area contributed by atoms with Crippen LogP contribution < -0.4 is 10.1 Å². The van der Waals surface area contributed by atoms with E-state index < -0.39 is 5.82 Å². The number of piperidine rings is 1. The van der Waals surface area contributed by atoms with Crippen LogP contribution in [0, 0.1) is 11.7 Å². The summed E-state index contributed by atoms with van der Waals surface area (Å²) in [6.45, 7) is 1.28. The fourth-order valence-corrected chi connectivity index (χ4v) is 4.01. The Kier molecular flexibility index (Phi) is 6.88. The number of H-pyrrole nitrogens is 1. The van der Waals surface area contributed by atoms with Crippen molar-refractivity contribution in [1.82, 2.24) is 25.4 Å². The van der Waals surface area contributed by atoms with Gasteiger partial charge >= 0.3 is 0 Å². The van der Waals surface area contributed by atoms with E-state index in [-0.39, 0.29) is 34.9 Å². The van der Waals surface area contributed by atoms with E-state index in [1.54, 1.807) is 11.0 Å². The van der Waals surface area contributed by atoms with Gasteiger partial charge < -0.3 is 15.0 Å². The van der Waals surface area contributed by atoms with E-state index in [9.17, 15) is 14.0 Å². The Bertz CT molecular complexity index is 1160. The molecule has 0 spiro atoms. The number of aromatic amines is 1. The molecule has 2 aromatic heterocycles. The summed E-state index contributed by atoms with van der Waals surface area (Å²) in [7, 11) is 1.44. The first-order valence-corrected chi connectivity index (χ1v) is 10.9. The van der Waals surface area contributed by atoms with Gasteiger partial charge in [0.1, 0.15) is 0 Å². The van der Waals surface area contributed by atoms with Crippen LogP contribution in [0.5, 0.6) is 5.88 Å². The first-order chi connectivity index (χ1) is 15.9. The van der Waals surface area contributed by atoms with Gasteiger partial charge in [0.05, 0.1) is 19.0 Å². The van der Waals surface area contributed by atoms with E-state index in [2.05, 4.69) is 20.5 Å². The number of ether oxygens (including phenoxy) is 1. The molecule has 1 aromatic carbocycles. The molecule has 1 fully saturated rings. The van der Waals surface area contributed by atoms with Gasteiger partial charge in [0, 0.05) is 42.2 Å². The third kappa shape index (κ3) is 5.31. The molecular formula is C23H23ClFN5O3. The van der Waals surface area contributed by atoms with Gasteiger partial charge in [-0.15, -0.1) is 0 Å². The van der Waals surface area contributed by atoms with E-state index in [1.807, 2.05) is 18.2 Å². The van der Waals surface area contributed by atoms with Crippen LogP contribution in [0.15, 0.2) is 42.6 Å². The molecule has 0 aliphatic carbocycles. The molecule has 3 aromatic rings. The smallest absolute Gasteiger partial charge is 0.274 e. The fourth-order valence-electron chi connectivity index (χ4n) is 3.79. The number of carbonyl (C=O) groups excluding carboxylic acids is 2. The van der Waals surface area contributed by atoms with Crippen molar-refractivity contribution in [2.24, 2.45) is 5.92 Å². The number of rotatable bonds is 6. The van der Waals surface area contributed by atoms with Gasteiger partial charge in [-0.25, -0.2) is 9.37 Å². The maximum atomic E-state index is 14.2. The number of hydrogen-bond donors (Lipinski definition) is 2. The Hall–Kier alpha value is -3.46. The number of methoxy groups -OCH3 is 1. The summed E-state index contributed by atoms with van der Waals surface area (Å²) in [5.74, 6) is -0.767. The Balaban J connectivity index is 1.33. The van der Waals surface area contributed by atoms with Gasteiger partial charge in [-0.2, -0.15) is 5.10 Å². The number of nitrogens with zero attached hydrogens (tertiary/aromatic N) is 3. The summed E-state index contributed by atoms with van der Waals surface area (Å²) in [6, 6.07) is 10.3. The molecule has 4 rings (SSSR count). The minimum atomic E-state index is -0.553. The number of aromatic nitrogens is 3. The quantitative estimate of drug-likeness (QED) is 0.573. The second-order valence-electron chi connectivity index (χ2n) is 7.79. The van der Waals surface area contributed by atoms with E-state index in [1.165, 1.54) is 19.2 Å². The van der Waals surface area contributed by atoms with E-state index in [4.69, 9.17) is 16.3 Å². The zero-order valence-corrected chi connectivity index (χ0v) is 18.7. The van der Waals surface area contributed by atoms with Crippen LogP contribution in [0.25, 0.3) is 11.3 Å². The Labute approximate surface area is 195 Å². The minimum absolute atomic E-state index is 0.0359. The van der Waals surface area contributed by atoms with Crippen LogP contribution in [-0.2, 0) is 11.3 Å². The maximum Gasteiger partial charge on any atom is 0.274 e. The van der Waals surface area contributed by atoms with Gasteiger partial charge in [0.25, 0.3) is 5.91 Å². The van der Waals surface area contributed by atoms with Crippen molar-refractivity contribution < 1.29 is 18.7 Å². The molecule has 1 aliphatic rings. The van der Waals surface area contributed by atoms with Crippen molar-refractivity contribution in [3.8, 4) is 17.1 Å². The van der Waals surface area contributed by atoms with Gasteiger partial charge in [0.2, 0.25) is 11.8 Å². The van der Waals surface area contributed by atoms with E-state index >= 15 is 0 Å². The highest BCUT2D eigenvalue weighted by Gasteiger charge is 2.29. The zero-order chi connectivity index (χ0) is 23.4. The van der Waals surface area contributed by atoms with Gasteiger partial charge in [0.15, 0.2) is 11.5 Å². The fraction of sp³-hybridized carbons (Fsp3) is 0.304. The lowest BCUT2D eigenvalue weighted by Crippen LogP contribution is -2.43. The topological polar surface area (TPSA) is 100 Å². The number of pyridine rings is 1. The molecule has 0 bridgehead atoms. The van der Waals surface area contributed by atoms with Crippen LogP contribution in [0.3, 0.4) is 0 Å². The third-order valence-corrected chi connectivity index (χ3v) is 5.87. The summed E-state index contributed by atoms with van der Waals surface area (Å²) in [5, 5.41) is 10.3. The lowest BCUT2D eigenvalue weighted by Gasteiger charge is -2.30. The molecule has 3 heterocycles. The molecule has 10 heteroatoms. The lowest BCUT2D eigenvalue weighted by molar-refractivity contribution is -0.126. The predicted molar refractivity (Wildman–Crippen MR) is 120 cm³/mol. The first kappa shape index (κ1) is 22.7. The van der Waals surface area contributed by atoms with Crippen LogP contribution >= 0.6 is 11.6 Å². The maximum absolute atomic E-state index is 14.2. The summed E-state index contributed by atoms with van der Waals surface area (Å²) in [6.07, 6.45) is 2.17. The largest absolute Gasteiger partial charge is 0.481 e. The average molecular weight is 472 g/mol. The van der Waals surface area contributed by atoms with Crippen molar-refractivity contribution in [1.29, 1.82) is 0 Å². The highest BCUT2D eigenvalue weighted by Crippen LogP contribution is 2.25. The summed E-state index contributed by atoms with van der Waals surface area (Å²) >= 11 is 5.98. The Morgan fingerprint density at radius 2 is 2.06 bits per heavy atom. The van der Waals surface area contributed by atoms with Crippen LogP contribution in [0.2, 0.25) is 5.02 Å². The van der Waals surface area contributed by atoms with Crippen LogP contribution in [0.1, 0.15) is 28.9 Å². The van der Waals surface area contributed by atoms with Crippen molar-refractivity contribution in [2.45, 2.75) is 19.4 Å². The molecule has 2 amide bonds. The van der Waals surface area contributed by atoms with Gasteiger partial charge in [-0.05, 0) is 36.6 Å². The monoisotopic (exact) mass is 471 g/mol. The highest BCUT2D eigenvalue weighted by atomic mass is 35.5. The van der Waals surface area contributed by atoms with E-state index in [0.717, 1.165) is 11.8 Å². The number of likely N-dealkylation sites (tertiary alicyclic amines) is 1. The highest BCUT2D eigenvalue weighted by molar-refractivity contribution is 6.30. The molecule has 1 saturated heterocycles. The van der Waals surface area contributed by atoms with Crippen molar-refractivity contribution in [2.75, 3.05) is 20.2 Å². The summed E-state index contributed by atoms with van der Waals surface area (Å²) in [5.41, 5.74) is 1.68. The molecule has 33 heavy (non-hydrogen) atoms. The van der Waals surface area contributed by atoms with Crippen LogP contribution in [-0.4, -0.2) is 52.1 Å². The number of carbonyl (C=O) groups is 2. The number of nitrogens with one attached hydrogen (secondary N) is 2. The molecule has 0 radical (unpaired) electrons. The number of benzene rings is 1. The standard InChI is InChI=1S/C23H23ClFN5O3/c1-33-21-10-17(18(25)13-26-21)19-11-20(29-28-19)23(32)30-7-5-15(6-8-30)22(31)27-12-14-3-2-4-16(24)9-14/h2-4,9-11,13,15H,5-8,12H2,1H3,(H,27,31)(H,28,29). The van der Waals surface area contributed by atoms with Crippen molar-refractivity contribution in [3.05, 3.63) is 64.7 Å². The molecule has 0 atom stereocenters. The number of halogens is 2. The lowest BCUT2D eigenvalue weighted by atomic mass is 9.95. The number of hydrogen-bond acceptors (Lipinski definition) is 5. The molecule has 0 unspecified atom stereocenters. The third-order valence-electron chi connectivity index (χ3n) is 5.64. The molecule has 8 nitrogen and oxygen atoms in total. The second-order valence-corrected chi connectivity index (χ2v) is 8.22. The Morgan fingerprint density at radius 3 is 2.79 bits per heavy atom. The van der Waals surface area contributed by atoms with Gasteiger partial charge in [-0.1, -0.05) is 23.7 Å². The first-order valence-electron chi connectivity index (χ1n) is 10.5. The van der Waals surface area contributed by atoms with Crippen molar-refractivity contribution >= 4 is 23.4 Å². The SMILES string of the molecule is COc1cc(-c2cc(C(=O)N3CCC(C(=O)NCc4cccc(Cl)c4)CC3)n[nH]2)c(F)cn1.